The number of hydrogen-bond donors (Lipinski definition) is 0. The number of hydrogen-bond acceptors (Lipinski definition) is 3. The van der Waals surface area contributed by atoms with E-state index in [2.05, 4.69) is 38.1 Å². The fourth-order valence-corrected chi connectivity index (χ4v) is 2.42. The van der Waals surface area contributed by atoms with Crippen molar-refractivity contribution in [2.24, 2.45) is 0 Å². The van der Waals surface area contributed by atoms with Gasteiger partial charge in [0.25, 0.3) is 0 Å². The average Bonchev–Trinajstić information content (AvgIpc) is 2.61. The zero-order valence-electron chi connectivity index (χ0n) is 9.21. The highest BCUT2D eigenvalue weighted by Crippen LogP contribution is 2.27. The summed E-state index contributed by atoms with van der Waals surface area (Å²) < 4.78 is 8.43. The second-order valence-corrected chi connectivity index (χ2v) is 4.69. The third kappa shape index (κ3) is 2.12. The quantitative estimate of drug-likeness (QED) is 0.811. The molecule has 0 fully saturated rings. The summed E-state index contributed by atoms with van der Waals surface area (Å²) in [5.41, 5.74) is 1.12. The average molecular weight is 294 g/mol. The summed E-state index contributed by atoms with van der Waals surface area (Å²) in [5.74, 6) is 0.876. The van der Waals surface area contributed by atoms with Gasteiger partial charge in [0, 0.05) is 13.2 Å². The Morgan fingerprint density at radius 2 is 2.12 bits per heavy atom. The number of aryl methyl sites for hydroxylation is 1. The maximum Gasteiger partial charge on any atom is 0.217 e. The summed E-state index contributed by atoms with van der Waals surface area (Å²) in [6.45, 7) is 1.60. The molecule has 0 spiro atoms. The lowest BCUT2D eigenvalue weighted by Crippen LogP contribution is -2.10. The molecule has 4 nitrogen and oxygen atoms in total. The van der Waals surface area contributed by atoms with E-state index in [0.29, 0.717) is 4.73 Å². The smallest absolute Gasteiger partial charge is 0.217 e. The van der Waals surface area contributed by atoms with Crippen LogP contribution in [-0.2, 0) is 11.3 Å². The van der Waals surface area contributed by atoms with E-state index in [4.69, 9.17) is 4.74 Å². The van der Waals surface area contributed by atoms with E-state index in [9.17, 15) is 0 Å². The van der Waals surface area contributed by atoms with Crippen molar-refractivity contribution in [3.05, 3.63) is 46.5 Å². The largest absolute Gasteiger partial charge is 0.365 e. The summed E-state index contributed by atoms with van der Waals surface area (Å²) in [5, 5.41) is 4.33. The first kappa shape index (κ1) is 10.9. The van der Waals surface area contributed by atoms with Gasteiger partial charge in [0.2, 0.25) is 4.73 Å². The SMILES string of the molecule is Brc1nc2n(n1)CCCOC2c1ccccc1. The minimum atomic E-state index is -0.113. The Bertz CT molecular complexity index is 512. The van der Waals surface area contributed by atoms with Crippen LogP contribution in [-0.4, -0.2) is 21.4 Å². The van der Waals surface area contributed by atoms with Crippen LogP contribution < -0.4 is 0 Å². The summed E-state index contributed by atoms with van der Waals surface area (Å²) in [7, 11) is 0. The molecular weight excluding hydrogens is 282 g/mol. The molecule has 0 bridgehead atoms. The van der Waals surface area contributed by atoms with Gasteiger partial charge in [-0.05, 0) is 27.9 Å². The molecule has 1 aliphatic heterocycles. The Morgan fingerprint density at radius 3 is 2.94 bits per heavy atom. The molecular formula is C12H12BrN3O. The first-order chi connectivity index (χ1) is 8.34. The van der Waals surface area contributed by atoms with E-state index in [0.717, 1.165) is 31.0 Å². The number of ether oxygens (including phenoxy) is 1. The van der Waals surface area contributed by atoms with Crippen LogP contribution in [0.1, 0.15) is 23.9 Å². The van der Waals surface area contributed by atoms with Crippen LogP contribution in [0.15, 0.2) is 35.1 Å². The molecule has 0 saturated heterocycles. The van der Waals surface area contributed by atoms with E-state index in [1.807, 2.05) is 22.9 Å². The van der Waals surface area contributed by atoms with Crippen molar-refractivity contribution in [3.63, 3.8) is 0 Å². The normalized spacial score (nSPS) is 19.7. The number of fused-ring (bicyclic) bond motifs is 1. The molecule has 0 amide bonds. The molecule has 88 valence electrons. The second kappa shape index (κ2) is 4.58. The highest BCUT2D eigenvalue weighted by atomic mass is 79.9. The predicted molar refractivity (Wildman–Crippen MR) is 66.6 cm³/mol. The molecule has 1 aliphatic rings. The minimum Gasteiger partial charge on any atom is -0.365 e. The topological polar surface area (TPSA) is 39.9 Å². The molecule has 3 rings (SSSR count). The Hall–Kier alpha value is -1.20. The first-order valence-electron chi connectivity index (χ1n) is 5.61. The van der Waals surface area contributed by atoms with Crippen molar-refractivity contribution < 1.29 is 4.74 Å². The number of halogens is 1. The Balaban J connectivity index is 2.05. The van der Waals surface area contributed by atoms with E-state index >= 15 is 0 Å². The zero-order valence-corrected chi connectivity index (χ0v) is 10.8. The second-order valence-electron chi connectivity index (χ2n) is 3.98. The monoisotopic (exact) mass is 293 g/mol. The van der Waals surface area contributed by atoms with Gasteiger partial charge in [-0.1, -0.05) is 30.3 Å². The number of nitrogens with zero attached hydrogens (tertiary/aromatic N) is 3. The first-order valence-corrected chi connectivity index (χ1v) is 6.41. The van der Waals surface area contributed by atoms with Crippen molar-refractivity contribution in [1.82, 2.24) is 14.8 Å². The molecule has 2 aromatic rings. The van der Waals surface area contributed by atoms with Gasteiger partial charge in [-0.2, -0.15) is 0 Å². The fraction of sp³-hybridized carbons (Fsp3) is 0.333. The number of benzene rings is 1. The van der Waals surface area contributed by atoms with E-state index in [-0.39, 0.29) is 6.10 Å². The fourth-order valence-electron chi connectivity index (χ4n) is 2.05. The van der Waals surface area contributed by atoms with Crippen molar-refractivity contribution in [1.29, 1.82) is 0 Å². The van der Waals surface area contributed by atoms with Crippen LogP contribution in [0.25, 0.3) is 0 Å². The van der Waals surface area contributed by atoms with Crippen LogP contribution >= 0.6 is 15.9 Å². The van der Waals surface area contributed by atoms with Gasteiger partial charge in [0.05, 0.1) is 0 Å². The Kier molecular flexibility index (Phi) is 2.94. The number of aromatic nitrogens is 3. The number of rotatable bonds is 1. The van der Waals surface area contributed by atoms with E-state index in [1.54, 1.807) is 0 Å². The summed E-state index contributed by atoms with van der Waals surface area (Å²) in [4.78, 5) is 4.41. The summed E-state index contributed by atoms with van der Waals surface area (Å²) in [6.07, 6.45) is 0.851. The lowest BCUT2D eigenvalue weighted by molar-refractivity contribution is 0.0811. The molecule has 5 heteroatoms. The highest BCUT2D eigenvalue weighted by molar-refractivity contribution is 9.10. The lowest BCUT2D eigenvalue weighted by atomic mass is 10.1. The van der Waals surface area contributed by atoms with Gasteiger partial charge >= 0.3 is 0 Å². The van der Waals surface area contributed by atoms with Gasteiger partial charge in [0.1, 0.15) is 6.10 Å². The molecule has 2 heterocycles. The maximum atomic E-state index is 5.88. The van der Waals surface area contributed by atoms with Gasteiger partial charge < -0.3 is 4.74 Å². The molecule has 1 aromatic carbocycles. The standard InChI is InChI=1S/C12H12BrN3O/c13-12-14-11-10(9-5-2-1-3-6-9)17-8-4-7-16(11)15-12/h1-3,5-6,10H,4,7-8H2. The summed E-state index contributed by atoms with van der Waals surface area (Å²) >= 11 is 3.32. The van der Waals surface area contributed by atoms with Gasteiger partial charge in [-0.3, -0.25) is 0 Å². The highest BCUT2D eigenvalue weighted by Gasteiger charge is 2.24. The molecule has 1 atom stereocenters. The molecule has 0 saturated carbocycles. The van der Waals surface area contributed by atoms with Crippen molar-refractivity contribution in [2.75, 3.05) is 6.61 Å². The third-order valence-electron chi connectivity index (χ3n) is 2.81. The Morgan fingerprint density at radius 1 is 1.29 bits per heavy atom. The van der Waals surface area contributed by atoms with Crippen LogP contribution in [0, 0.1) is 0 Å². The molecule has 1 unspecified atom stereocenters. The Labute approximate surface area is 108 Å². The van der Waals surface area contributed by atoms with Crippen LogP contribution in [0.3, 0.4) is 0 Å². The van der Waals surface area contributed by atoms with Crippen LogP contribution in [0.5, 0.6) is 0 Å². The zero-order chi connectivity index (χ0) is 11.7. The van der Waals surface area contributed by atoms with Gasteiger partial charge in [0.15, 0.2) is 5.82 Å². The van der Waals surface area contributed by atoms with Crippen LogP contribution in [0.2, 0.25) is 0 Å². The van der Waals surface area contributed by atoms with Crippen LogP contribution in [0.4, 0.5) is 0 Å². The molecule has 0 N–H and O–H groups in total. The van der Waals surface area contributed by atoms with E-state index in [1.165, 1.54) is 0 Å². The van der Waals surface area contributed by atoms with Crippen molar-refractivity contribution in [2.45, 2.75) is 19.1 Å². The summed E-state index contributed by atoms with van der Waals surface area (Å²) in [6, 6.07) is 10.1. The third-order valence-corrected chi connectivity index (χ3v) is 3.15. The molecule has 1 aromatic heterocycles. The van der Waals surface area contributed by atoms with Crippen molar-refractivity contribution in [3.8, 4) is 0 Å². The van der Waals surface area contributed by atoms with Gasteiger partial charge in [-0.25, -0.2) is 9.67 Å². The molecule has 17 heavy (non-hydrogen) atoms. The van der Waals surface area contributed by atoms with E-state index < -0.39 is 0 Å². The van der Waals surface area contributed by atoms with Crippen molar-refractivity contribution >= 4 is 15.9 Å². The molecule has 0 aliphatic carbocycles. The predicted octanol–water partition coefficient (Wildman–Crippen LogP) is 2.55. The van der Waals surface area contributed by atoms with Gasteiger partial charge in [-0.15, -0.1) is 5.10 Å². The minimum absolute atomic E-state index is 0.113. The lowest BCUT2D eigenvalue weighted by Gasteiger charge is -2.14. The molecule has 0 radical (unpaired) electrons. The maximum absolute atomic E-state index is 5.88.